The zero-order valence-electron chi connectivity index (χ0n) is 15.0. The summed E-state index contributed by atoms with van der Waals surface area (Å²) in [4.78, 5) is 25.5. The first-order chi connectivity index (χ1) is 11.9. The second-order valence-electron chi connectivity index (χ2n) is 7.33. The lowest BCUT2D eigenvalue weighted by molar-refractivity contribution is -0.127. The van der Waals surface area contributed by atoms with Crippen LogP contribution in [0.5, 0.6) is 0 Å². The van der Waals surface area contributed by atoms with Gasteiger partial charge in [-0.3, -0.25) is 9.59 Å². The van der Waals surface area contributed by atoms with Gasteiger partial charge in [0.15, 0.2) is 0 Å². The summed E-state index contributed by atoms with van der Waals surface area (Å²) in [5.74, 6) is 0.110. The van der Waals surface area contributed by atoms with Crippen molar-refractivity contribution in [3.8, 4) is 0 Å². The fourth-order valence-corrected chi connectivity index (χ4v) is 4.84. The van der Waals surface area contributed by atoms with Crippen LogP contribution in [0.1, 0.15) is 44.2 Å². The zero-order valence-corrected chi connectivity index (χ0v) is 15.9. The molecule has 0 radical (unpaired) electrons. The Balaban J connectivity index is 1.67. The first-order valence-corrected chi connectivity index (χ1v) is 9.86. The molecule has 4 nitrogen and oxygen atoms in total. The van der Waals surface area contributed by atoms with Gasteiger partial charge in [0.05, 0.1) is 4.91 Å². The van der Waals surface area contributed by atoms with Gasteiger partial charge in [-0.05, 0) is 51.7 Å². The van der Waals surface area contributed by atoms with Crippen molar-refractivity contribution in [2.45, 2.75) is 57.4 Å². The van der Waals surface area contributed by atoms with Gasteiger partial charge in [0.1, 0.15) is 0 Å². The topological polar surface area (TPSA) is 58.2 Å². The third-order valence-electron chi connectivity index (χ3n) is 4.75. The number of hydrogen-bond donors (Lipinski definition) is 2. The largest absolute Gasteiger partial charge is 0.354 e. The van der Waals surface area contributed by atoms with Gasteiger partial charge < -0.3 is 10.6 Å². The lowest BCUT2D eigenvalue weighted by Crippen LogP contribution is -2.52. The highest BCUT2D eigenvalue weighted by atomic mass is 32.2. The summed E-state index contributed by atoms with van der Waals surface area (Å²) in [6.07, 6.45) is 4.55. The summed E-state index contributed by atoms with van der Waals surface area (Å²) in [6.45, 7) is 6.00. The van der Waals surface area contributed by atoms with Crippen molar-refractivity contribution in [3.63, 3.8) is 0 Å². The molecule has 5 heteroatoms. The first kappa shape index (κ1) is 18.1. The van der Waals surface area contributed by atoms with Crippen LogP contribution in [0.3, 0.4) is 0 Å². The van der Waals surface area contributed by atoms with Gasteiger partial charge in [-0.2, -0.15) is 0 Å². The molecule has 3 rings (SSSR count). The van der Waals surface area contributed by atoms with Crippen molar-refractivity contribution in [1.82, 2.24) is 10.6 Å². The number of thioether (sulfide) groups is 1. The Morgan fingerprint density at radius 1 is 1.36 bits per heavy atom. The summed E-state index contributed by atoms with van der Waals surface area (Å²) in [5.41, 5.74) is 2.24. The van der Waals surface area contributed by atoms with Gasteiger partial charge in [0.2, 0.25) is 5.91 Å². The highest BCUT2D eigenvalue weighted by Gasteiger charge is 2.39. The molecule has 1 aromatic carbocycles. The molecule has 2 fully saturated rings. The fourth-order valence-electron chi connectivity index (χ4n) is 3.54. The lowest BCUT2D eigenvalue weighted by Gasteiger charge is -2.39. The average molecular weight is 359 g/mol. The minimum Gasteiger partial charge on any atom is -0.354 e. The summed E-state index contributed by atoms with van der Waals surface area (Å²) < 4.78 is 0. The van der Waals surface area contributed by atoms with E-state index in [9.17, 15) is 9.59 Å². The van der Waals surface area contributed by atoms with E-state index in [0.29, 0.717) is 5.25 Å². The van der Waals surface area contributed by atoms with E-state index in [1.54, 1.807) is 11.8 Å². The van der Waals surface area contributed by atoms with Crippen molar-refractivity contribution in [1.29, 1.82) is 0 Å². The molecule has 2 N–H and O–H groups in total. The van der Waals surface area contributed by atoms with Gasteiger partial charge in [0.25, 0.3) is 5.91 Å². The van der Waals surface area contributed by atoms with Crippen LogP contribution in [0, 0.1) is 12.8 Å². The number of rotatable bonds is 3. The minimum absolute atomic E-state index is 0.00634. The fraction of sp³-hybridized carbons (Fsp3) is 0.500. The molecular weight excluding hydrogens is 332 g/mol. The zero-order chi connectivity index (χ0) is 18.0. The number of amides is 2. The van der Waals surface area contributed by atoms with E-state index in [2.05, 4.69) is 29.7 Å². The Bertz CT molecular complexity index is 699. The van der Waals surface area contributed by atoms with Crippen molar-refractivity contribution >= 4 is 29.7 Å². The van der Waals surface area contributed by atoms with Crippen molar-refractivity contribution in [3.05, 3.63) is 40.3 Å². The van der Waals surface area contributed by atoms with Crippen LogP contribution in [0.4, 0.5) is 0 Å². The molecule has 25 heavy (non-hydrogen) atoms. The summed E-state index contributed by atoms with van der Waals surface area (Å²) in [7, 11) is 0. The third kappa shape index (κ3) is 4.46. The number of carbonyl (C=O) groups excluding carboxylic acids is 2. The number of aryl methyl sites for hydroxylation is 1. The normalized spacial score (nSPS) is 27.8. The number of nitrogens with one attached hydrogen (secondary N) is 2. The predicted octanol–water partition coefficient (Wildman–Crippen LogP) is 3.26. The van der Waals surface area contributed by atoms with Crippen LogP contribution < -0.4 is 10.6 Å². The van der Waals surface area contributed by atoms with Crippen LogP contribution >= 0.6 is 11.8 Å². The summed E-state index contributed by atoms with van der Waals surface area (Å²) in [5, 5.41) is 6.49. The van der Waals surface area contributed by atoms with E-state index in [1.807, 2.05) is 32.1 Å². The Morgan fingerprint density at radius 2 is 2.16 bits per heavy atom. The van der Waals surface area contributed by atoms with E-state index in [4.69, 9.17) is 0 Å². The van der Waals surface area contributed by atoms with Crippen molar-refractivity contribution in [2.75, 3.05) is 0 Å². The molecule has 0 spiro atoms. The van der Waals surface area contributed by atoms with Crippen LogP contribution in [0.15, 0.2) is 29.2 Å². The SMILES string of the molecule is Cc1cccc(/C=C2/SC3CCC(C(=O)NC(C)C)CC3NC2=O)c1. The highest BCUT2D eigenvalue weighted by molar-refractivity contribution is 8.04. The number of fused-ring (bicyclic) bond motifs is 1. The average Bonchev–Trinajstić information content (AvgIpc) is 2.54. The minimum atomic E-state index is -0.0160. The van der Waals surface area contributed by atoms with Gasteiger partial charge in [-0.25, -0.2) is 0 Å². The second kappa shape index (κ2) is 7.65. The quantitative estimate of drug-likeness (QED) is 0.816. The Morgan fingerprint density at radius 3 is 2.88 bits per heavy atom. The van der Waals surface area contributed by atoms with Gasteiger partial charge in [-0.1, -0.05) is 29.8 Å². The van der Waals surface area contributed by atoms with Crippen LogP contribution in [-0.4, -0.2) is 29.1 Å². The number of carbonyl (C=O) groups is 2. The number of hydrogen-bond acceptors (Lipinski definition) is 3. The molecule has 1 saturated heterocycles. The summed E-state index contributed by atoms with van der Waals surface area (Å²) >= 11 is 1.67. The Hall–Kier alpha value is -1.75. The predicted molar refractivity (Wildman–Crippen MR) is 103 cm³/mol. The van der Waals surface area contributed by atoms with E-state index >= 15 is 0 Å². The molecule has 0 aromatic heterocycles. The van der Waals surface area contributed by atoms with E-state index in [1.165, 1.54) is 5.56 Å². The molecule has 3 unspecified atom stereocenters. The second-order valence-corrected chi connectivity index (χ2v) is 8.61. The monoisotopic (exact) mass is 358 g/mol. The van der Waals surface area contributed by atoms with Gasteiger partial charge in [-0.15, -0.1) is 11.8 Å². The molecule has 1 aliphatic heterocycles. The maximum absolute atomic E-state index is 12.5. The molecule has 1 heterocycles. The van der Waals surface area contributed by atoms with Crippen LogP contribution in [-0.2, 0) is 9.59 Å². The molecule has 0 bridgehead atoms. The van der Waals surface area contributed by atoms with Crippen molar-refractivity contribution in [2.24, 2.45) is 5.92 Å². The third-order valence-corrected chi connectivity index (χ3v) is 6.17. The lowest BCUT2D eigenvalue weighted by atomic mass is 9.84. The molecular formula is C20H26N2O2S. The Kier molecular flexibility index (Phi) is 5.52. The smallest absolute Gasteiger partial charge is 0.257 e. The van der Waals surface area contributed by atoms with Crippen LogP contribution in [0.25, 0.3) is 6.08 Å². The molecule has 2 amide bonds. The van der Waals surface area contributed by atoms with Crippen LogP contribution in [0.2, 0.25) is 0 Å². The summed E-state index contributed by atoms with van der Waals surface area (Å²) in [6, 6.07) is 8.41. The van der Waals surface area contributed by atoms with Crippen molar-refractivity contribution < 1.29 is 9.59 Å². The standard InChI is InChI=1S/C20H26N2O2S/c1-12(2)21-19(23)15-7-8-17-16(11-15)22-20(24)18(25-17)10-14-6-4-5-13(3)9-14/h4-6,9-10,12,15-17H,7-8,11H2,1-3H3,(H,21,23)(H,22,24)/b18-10+. The molecule has 1 saturated carbocycles. The van der Waals surface area contributed by atoms with E-state index in [-0.39, 0.29) is 29.8 Å². The number of benzene rings is 1. The molecule has 134 valence electrons. The van der Waals surface area contributed by atoms with E-state index < -0.39 is 0 Å². The molecule has 1 aliphatic carbocycles. The first-order valence-electron chi connectivity index (χ1n) is 8.98. The molecule has 2 aliphatic rings. The van der Waals surface area contributed by atoms with Gasteiger partial charge in [0, 0.05) is 23.3 Å². The Labute approximate surface area is 153 Å². The molecule has 1 aromatic rings. The molecule has 3 atom stereocenters. The van der Waals surface area contributed by atoms with E-state index in [0.717, 1.165) is 29.7 Å². The van der Waals surface area contributed by atoms with Gasteiger partial charge >= 0.3 is 0 Å². The maximum Gasteiger partial charge on any atom is 0.257 e. The maximum atomic E-state index is 12.5. The highest BCUT2D eigenvalue weighted by Crippen LogP contribution is 2.39.